The van der Waals surface area contributed by atoms with Crippen LogP contribution in [0.2, 0.25) is 0 Å². The van der Waals surface area contributed by atoms with E-state index in [1.54, 1.807) is 18.7 Å². The van der Waals surface area contributed by atoms with Crippen molar-refractivity contribution in [1.29, 1.82) is 0 Å². The number of nitrogens with zero attached hydrogens (tertiary/aromatic N) is 2. The number of nitrogens with one attached hydrogen (secondary N) is 2. The largest absolute Gasteiger partial charge is 0.472 e. The highest BCUT2D eigenvalue weighted by Gasteiger charge is 2.14. The number of aromatic amines is 2. The molecule has 0 fully saturated rings. The third-order valence-corrected chi connectivity index (χ3v) is 5.31. The second-order valence-electron chi connectivity index (χ2n) is 7.04. The van der Waals surface area contributed by atoms with E-state index in [4.69, 9.17) is 4.42 Å². The van der Waals surface area contributed by atoms with Crippen LogP contribution in [-0.4, -0.2) is 20.2 Å². The quantitative estimate of drug-likeness (QED) is 0.396. The standard InChI is InChI=1S/C24H16N4O/c1-4-18(17-8-10-29-14-17)19-12-23(26-21(19)5-1)24-20-11-15(6-7-22(20)27-28-24)16-3-2-9-25-13-16/h1-14,26H,(H,27,28). The van der Waals surface area contributed by atoms with Gasteiger partial charge in [-0.05, 0) is 47.5 Å². The smallest absolute Gasteiger partial charge is 0.116 e. The Labute approximate surface area is 166 Å². The first kappa shape index (κ1) is 15.9. The Hall–Kier alpha value is -4.12. The van der Waals surface area contributed by atoms with E-state index in [2.05, 4.69) is 62.6 Å². The van der Waals surface area contributed by atoms with Gasteiger partial charge in [0.15, 0.2) is 0 Å². The summed E-state index contributed by atoms with van der Waals surface area (Å²) < 4.78 is 5.28. The van der Waals surface area contributed by atoms with Crippen LogP contribution in [0.15, 0.2) is 90.0 Å². The van der Waals surface area contributed by atoms with Gasteiger partial charge in [0.25, 0.3) is 0 Å². The Kier molecular flexibility index (Phi) is 3.40. The van der Waals surface area contributed by atoms with Gasteiger partial charge in [-0.3, -0.25) is 10.1 Å². The Morgan fingerprint density at radius 3 is 2.66 bits per heavy atom. The maximum atomic E-state index is 5.28. The SMILES string of the molecule is c1cncc(-c2ccc3[nH]nc(-c4cc5c(-c6ccoc6)cccc5[nH]4)c3c2)c1. The van der Waals surface area contributed by atoms with Gasteiger partial charge in [-0.25, -0.2) is 0 Å². The highest BCUT2D eigenvalue weighted by Crippen LogP contribution is 2.35. The van der Waals surface area contributed by atoms with Crippen molar-refractivity contribution in [3.63, 3.8) is 0 Å². The summed E-state index contributed by atoms with van der Waals surface area (Å²) in [6.07, 6.45) is 7.13. The molecule has 138 valence electrons. The first-order valence-electron chi connectivity index (χ1n) is 9.40. The van der Waals surface area contributed by atoms with Gasteiger partial charge in [-0.2, -0.15) is 5.10 Å². The number of benzene rings is 2. The van der Waals surface area contributed by atoms with Crippen molar-refractivity contribution in [1.82, 2.24) is 20.2 Å². The number of pyridine rings is 1. The summed E-state index contributed by atoms with van der Waals surface area (Å²) in [5, 5.41) is 9.96. The Bertz CT molecular complexity index is 1440. The van der Waals surface area contributed by atoms with Gasteiger partial charge in [-0.15, -0.1) is 0 Å². The fraction of sp³-hybridized carbons (Fsp3) is 0. The summed E-state index contributed by atoms with van der Waals surface area (Å²) in [6, 6.07) is 20.7. The number of H-pyrrole nitrogens is 2. The number of hydrogen-bond donors (Lipinski definition) is 2. The van der Waals surface area contributed by atoms with Crippen molar-refractivity contribution in [2.45, 2.75) is 0 Å². The molecule has 0 aliphatic carbocycles. The van der Waals surface area contributed by atoms with E-state index in [1.807, 2.05) is 24.4 Å². The summed E-state index contributed by atoms with van der Waals surface area (Å²) in [7, 11) is 0. The van der Waals surface area contributed by atoms with Crippen molar-refractivity contribution in [2.24, 2.45) is 0 Å². The molecule has 6 rings (SSSR count). The zero-order valence-corrected chi connectivity index (χ0v) is 15.4. The lowest BCUT2D eigenvalue weighted by atomic mass is 10.0. The molecule has 4 aromatic heterocycles. The van der Waals surface area contributed by atoms with Crippen LogP contribution in [0.1, 0.15) is 0 Å². The van der Waals surface area contributed by atoms with E-state index in [0.717, 1.165) is 55.4 Å². The maximum Gasteiger partial charge on any atom is 0.116 e. The lowest BCUT2D eigenvalue weighted by molar-refractivity contribution is 0.568. The van der Waals surface area contributed by atoms with E-state index in [0.29, 0.717) is 0 Å². The van der Waals surface area contributed by atoms with Crippen molar-refractivity contribution < 1.29 is 4.42 Å². The fourth-order valence-corrected chi connectivity index (χ4v) is 3.88. The van der Waals surface area contributed by atoms with Gasteiger partial charge in [0.2, 0.25) is 0 Å². The first-order chi connectivity index (χ1) is 14.4. The van der Waals surface area contributed by atoms with Gasteiger partial charge in [0.05, 0.1) is 23.7 Å². The molecule has 0 unspecified atom stereocenters. The van der Waals surface area contributed by atoms with Gasteiger partial charge >= 0.3 is 0 Å². The van der Waals surface area contributed by atoms with Gasteiger partial charge in [-0.1, -0.05) is 24.3 Å². The van der Waals surface area contributed by atoms with E-state index < -0.39 is 0 Å². The summed E-state index contributed by atoms with van der Waals surface area (Å²) in [6.45, 7) is 0. The van der Waals surface area contributed by atoms with Gasteiger partial charge in [0.1, 0.15) is 5.69 Å². The molecule has 0 spiro atoms. The zero-order chi connectivity index (χ0) is 19.2. The number of furan rings is 1. The fourth-order valence-electron chi connectivity index (χ4n) is 3.88. The molecule has 5 heteroatoms. The molecule has 5 nitrogen and oxygen atoms in total. The Morgan fingerprint density at radius 2 is 1.79 bits per heavy atom. The lowest BCUT2D eigenvalue weighted by Gasteiger charge is -2.01. The van der Waals surface area contributed by atoms with Crippen LogP contribution in [0.25, 0.3) is 55.4 Å². The van der Waals surface area contributed by atoms with Crippen molar-refractivity contribution in [3.8, 4) is 33.6 Å². The molecule has 29 heavy (non-hydrogen) atoms. The predicted molar refractivity (Wildman–Crippen MR) is 114 cm³/mol. The predicted octanol–water partition coefficient (Wildman–Crippen LogP) is 6.03. The average Bonchev–Trinajstić information content (AvgIpc) is 3.52. The topological polar surface area (TPSA) is 70.5 Å². The monoisotopic (exact) mass is 376 g/mol. The Morgan fingerprint density at radius 1 is 0.793 bits per heavy atom. The van der Waals surface area contributed by atoms with Crippen LogP contribution in [0.4, 0.5) is 0 Å². The average molecular weight is 376 g/mol. The molecule has 4 heterocycles. The molecule has 0 aliphatic heterocycles. The first-order valence-corrected chi connectivity index (χ1v) is 9.40. The molecule has 6 aromatic rings. The normalized spacial score (nSPS) is 11.4. The van der Waals surface area contributed by atoms with Crippen LogP contribution in [-0.2, 0) is 0 Å². The molecule has 2 N–H and O–H groups in total. The minimum absolute atomic E-state index is 0.903. The van der Waals surface area contributed by atoms with Crippen LogP contribution < -0.4 is 0 Å². The number of fused-ring (bicyclic) bond motifs is 2. The second-order valence-corrected chi connectivity index (χ2v) is 7.04. The molecular formula is C24H16N4O. The van der Waals surface area contributed by atoms with Crippen LogP contribution in [0.3, 0.4) is 0 Å². The molecule has 0 amide bonds. The molecule has 0 atom stereocenters. The zero-order valence-electron chi connectivity index (χ0n) is 15.4. The van der Waals surface area contributed by atoms with Crippen molar-refractivity contribution in [2.75, 3.05) is 0 Å². The second kappa shape index (κ2) is 6.21. The number of rotatable bonds is 3. The third kappa shape index (κ3) is 2.56. The molecule has 0 bridgehead atoms. The summed E-state index contributed by atoms with van der Waals surface area (Å²) in [4.78, 5) is 7.76. The number of aromatic nitrogens is 4. The lowest BCUT2D eigenvalue weighted by Crippen LogP contribution is -1.81. The molecule has 0 saturated carbocycles. The summed E-state index contributed by atoms with van der Waals surface area (Å²) in [5.41, 5.74) is 8.34. The summed E-state index contributed by atoms with van der Waals surface area (Å²) >= 11 is 0. The minimum Gasteiger partial charge on any atom is -0.472 e. The van der Waals surface area contributed by atoms with Crippen molar-refractivity contribution >= 4 is 21.8 Å². The minimum atomic E-state index is 0.903. The summed E-state index contributed by atoms with van der Waals surface area (Å²) in [5.74, 6) is 0. The van der Waals surface area contributed by atoms with Gasteiger partial charge < -0.3 is 9.40 Å². The molecule has 0 radical (unpaired) electrons. The molecule has 2 aromatic carbocycles. The van der Waals surface area contributed by atoms with E-state index in [1.165, 1.54) is 0 Å². The number of hydrogen-bond acceptors (Lipinski definition) is 3. The van der Waals surface area contributed by atoms with Gasteiger partial charge in [0, 0.05) is 39.8 Å². The van der Waals surface area contributed by atoms with Crippen molar-refractivity contribution in [3.05, 3.63) is 85.6 Å². The Balaban J connectivity index is 1.53. The molecule has 0 saturated heterocycles. The highest BCUT2D eigenvalue weighted by molar-refractivity contribution is 6.01. The van der Waals surface area contributed by atoms with E-state index in [-0.39, 0.29) is 0 Å². The van der Waals surface area contributed by atoms with Crippen LogP contribution in [0, 0.1) is 0 Å². The highest BCUT2D eigenvalue weighted by atomic mass is 16.3. The van der Waals surface area contributed by atoms with Crippen LogP contribution in [0.5, 0.6) is 0 Å². The van der Waals surface area contributed by atoms with Crippen LogP contribution >= 0.6 is 0 Å². The molecular weight excluding hydrogens is 360 g/mol. The van der Waals surface area contributed by atoms with E-state index in [9.17, 15) is 0 Å². The maximum absolute atomic E-state index is 5.28. The molecule has 0 aliphatic rings. The van der Waals surface area contributed by atoms with E-state index >= 15 is 0 Å². The third-order valence-electron chi connectivity index (χ3n) is 5.31.